The van der Waals surface area contributed by atoms with Crippen LogP contribution in [0.4, 0.5) is 0 Å². The van der Waals surface area contributed by atoms with E-state index < -0.39 is 0 Å². The molecule has 0 aromatic heterocycles. The van der Waals surface area contributed by atoms with Gasteiger partial charge in [0.25, 0.3) is 0 Å². The summed E-state index contributed by atoms with van der Waals surface area (Å²) in [4.78, 5) is 0. The Morgan fingerprint density at radius 1 is 1.24 bits per heavy atom. The van der Waals surface area contributed by atoms with E-state index in [4.69, 9.17) is 4.74 Å². The summed E-state index contributed by atoms with van der Waals surface area (Å²) >= 11 is 0. The topological polar surface area (TPSA) is 21.3 Å². The second-order valence-corrected chi connectivity index (χ2v) is 7.98. The molecule has 0 aliphatic heterocycles. The van der Waals surface area contributed by atoms with Crippen molar-refractivity contribution in [1.29, 1.82) is 0 Å². The predicted octanol–water partition coefficient (Wildman–Crippen LogP) is 4.56. The van der Waals surface area contributed by atoms with Gasteiger partial charge in [0.2, 0.25) is 0 Å². The Hall–Kier alpha value is -1.02. The normalized spacial score (nSPS) is 34.9. The van der Waals surface area contributed by atoms with Gasteiger partial charge in [0, 0.05) is 17.6 Å². The van der Waals surface area contributed by atoms with E-state index >= 15 is 0 Å². The average Bonchev–Trinajstić information content (AvgIpc) is 2.94. The fraction of sp³-hybridized carbons (Fsp3) is 0.684. The molecule has 2 fully saturated rings. The average molecular weight is 287 g/mol. The van der Waals surface area contributed by atoms with Crippen LogP contribution in [0.15, 0.2) is 24.3 Å². The second-order valence-electron chi connectivity index (χ2n) is 7.98. The van der Waals surface area contributed by atoms with Crippen LogP contribution in [0.3, 0.4) is 0 Å². The number of hydrogen-bond acceptors (Lipinski definition) is 2. The van der Waals surface area contributed by atoms with Crippen molar-refractivity contribution < 1.29 is 4.74 Å². The molecule has 0 spiro atoms. The number of rotatable bonds is 4. The molecule has 0 amide bonds. The molecule has 2 bridgehead atoms. The van der Waals surface area contributed by atoms with E-state index in [0.29, 0.717) is 22.9 Å². The highest BCUT2D eigenvalue weighted by molar-refractivity contribution is 5.35. The maximum Gasteiger partial charge on any atom is 0.123 e. The Labute approximate surface area is 129 Å². The van der Waals surface area contributed by atoms with Gasteiger partial charge in [-0.2, -0.15) is 0 Å². The lowest BCUT2D eigenvalue weighted by Crippen LogP contribution is -2.51. The fourth-order valence-corrected chi connectivity index (χ4v) is 5.08. The molecule has 21 heavy (non-hydrogen) atoms. The fourth-order valence-electron chi connectivity index (χ4n) is 5.08. The van der Waals surface area contributed by atoms with Crippen molar-refractivity contribution in [3.63, 3.8) is 0 Å². The van der Waals surface area contributed by atoms with Crippen LogP contribution in [-0.2, 0) is 0 Å². The first-order valence-electron chi connectivity index (χ1n) is 8.27. The molecule has 0 saturated heterocycles. The maximum atomic E-state index is 5.53. The van der Waals surface area contributed by atoms with E-state index in [0.717, 1.165) is 11.7 Å². The van der Waals surface area contributed by atoms with Gasteiger partial charge in [0.1, 0.15) is 5.75 Å². The second kappa shape index (κ2) is 5.01. The zero-order chi connectivity index (χ0) is 15.3. The third-order valence-corrected chi connectivity index (χ3v) is 6.29. The molecule has 2 aliphatic rings. The molecule has 2 unspecified atom stereocenters. The molecule has 4 atom stereocenters. The molecule has 2 nitrogen and oxygen atoms in total. The van der Waals surface area contributed by atoms with Crippen LogP contribution in [0, 0.1) is 16.7 Å². The lowest BCUT2D eigenvalue weighted by atomic mass is 9.68. The monoisotopic (exact) mass is 287 g/mol. The molecule has 0 heterocycles. The summed E-state index contributed by atoms with van der Waals surface area (Å²) < 4.78 is 5.53. The van der Waals surface area contributed by atoms with Crippen molar-refractivity contribution in [1.82, 2.24) is 5.32 Å². The van der Waals surface area contributed by atoms with Crippen molar-refractivity contribution >= 4 is 0 Å². The molecular formula is C19H29NO. The van der Waals surface area contributed by atoms with Crippen LogP contribution in [0.1, 0.15) is 58.6 Å². The Balaban J connectivity index is 1.83. The van der Waals surface area contributed by atoms with Gasteiger partial charge in [-0.05, 0) is 49.0 Å². The smallest absolute Gasteiger partial charge is 0.123 e. The number of para-hydroxylation sites is 1. The van der Waals surface area contributed by atoms with Crippen LogP contribution >= 0.6 is 0 Å². The van der Waals surface area contributed by atoms with Crippen molar-refractivity contribution in [2.75, 3.05) is 7.11 Å². The van der Waals surface area contributed by atoms with E-state index in [1.165, 1.54) is 24.8 Å². The molecule has 3 rings (SSSR count). The third kappa shape index (κ3) is 2.28. The highest BCUT2D eigenvalue weighted by atomic mass is 16.5. The largest absolute Gasteiger partial charge is 0.496 e. The van der Waals surface area contributed by atoms with Gasteiger partial charge in [0.05, 0.1) is 7.11 Å². The minimum absolute atomic E-state index is 0.321. The first-order valence-corrected chi connectivity index (χ1v) is 8.27. The zero-order valence-electron chi connectivity index (χ0n) is 14.1. The van der Waals surface area contributed by atoms with Crippen molar-refractivity contribution in [2.45, 2.75) is 59.0 Å². The SMILES string of the molecule is COc1ccccc1C(C)NC1C(C)(C)[C@H]2CC[C@]1(C)C2. The van der Waals surface area contributed by atoms with Gasteiger partial charge in [-0.3, -0.25) is 0 Å². The molecular weight excluding hydrogens is 258 g/mol. The van der Waals surface area contributed by atoms with E-state index in [9.17, 15) is 0 Å². The summed E-state index contributed by atoms with van der Waals surface area (Å²) in [6, 6.07) is 9.28. The standard InChI is InChI=1S/C19H29NO/c1-13(15-8-6-7-9-16(15)21-5)20-17-18(2,3)14-10-11-19(17,4)12-14/h6-9,13-14,17,20H,10-12H2,1-5H3/t13?,14-,17?,19+/m0/s1. The molecule has 1 aromatic rings. The van der Waals surface area contributed by atoms with Gasteiger partial charge in [-0.15, -0.1) is 0 Å². The first kappa shape index (κ1) is 14.9. The molecule has 2 aliphatic carbocycles. The minimum atomic E-state index is 0.321. The van der Waals surface area contributed by atoms with Gasteiger partial charge in [-0.1, -0.05) is 39.0 Å². The number of nitrogens with one attached hydrogen (secondary N) is 1. The Morgan fingerprint density at radius 2 is 1.95 bits per heavy atom. The molecule has 1 N–H and O–H groups in total. The lowest BCUT2D eigenvalue weighted by molar-refractivity contribution is 0.0999. The molecule has 2 saturated carbocycles. The number of benzene rings is 1. The Bertz CT molecular complexity index is 519. The predicted molar refractivity (Wildman–Crippen MR) is 87.6 cm³/mol. The quantitative estimate of drug-likeness (QED) is 0.876. The number of fused-ring (bicyclic) bond motifs is 2. The third-order valence-electron chi connectivity index (χ3n) is 6.29. The minimum Gasteiger partial charge on any atom is -0.496 e. The van der Waals surface area contributed by atoms with Crippen LogP contribution in [0.25, 0.3) is 0 Å². The molecule has 1 aromatic carbocycles. The first-order chi connectivity index (χ1) is 9.88. The summed E-state index contributed by atoms with van der Waals surface area (Å²) in [7, 11) is 1.76. The zero-order valence-corrected chi connectivity index (χ0v) is 14.1. The number of ether oxygens (including phenoxy) is 1. The highest BCUT2D eigenvalue weighted by Crippen LogP contribution is 2.62. The van der Waals surface area contributed by atoms with E-state index in [-0.39, 0.29) is 0 Å². The summed E-state index contributed by atoms with van der Waals surface area (Å²) in [5.74, 6) is 1.87. The summed E-state index contributed by atoms with van der Waals surface area (Å²) in [5, 5.41) is 3.95. The number of methoxy groups -OCH3 is 1. The van der Waals surface area contributed by atoms with Crippen molar-refractivity contribution in [2.24, 2.45) is 16.7 Å². The van der Waals surface area contributed by atoms with E-state index in [1.807, 2.05) is 6.07 Å². The summed E-state index contributed by atoms with van der Waals surface area (Å²) in [5.41, 5.74) is 2.12. The Kier molecular flexibility index (Phi) is 3.56. The van der Waals surface area contributed by atoms with Gasteiger partial charge in [0.15, 0.2) is 0 Å². The van der Waals surface area contributed by atoms with Gasteiger partial charge in [-0.25, -0.2) is 0 Å². The molecule has 0 radical (unpaired) electrons. The Morgan fingerprint density at radius 3 is 2.57 bits per heavy atom. The van der Waals surface area contributed by atoms with Crippen LogP contribution in [-0.4, -0.2) is 13.2 Å². The van der Waals surface area contributed by atoms with E-state index in [2.05, 4.69) is 51.2 Å². The van der Waals surface area contributed by atoms with Crippen LogP contribution < -0.4 is 10.1 Å². The lowest BCUT2D eigenvalue weighted by Gasteiger charge is -2.44. The summed E-state index contributed by atoms with van der Waals surface area (Å²) in [6.45, 7) is 9.65. The molecule has 116 valence electrons. The summed E-state index contributed by atoms with van der Waals surface area (Å²) in [6.07, 6.45) is 4.17. The van der Waals surface area contributed by atoms with Crippen molar-refractivity contribution in [3.8, 4) is 5.75 Å². The molecule has 2 heteroatoms. The maximum absolute atomic E-state index is 5.53. The van der Waals surface area contributed by atoms with Gasteiger partial charge < -0.3 is 10.1 Å². The number of hydrogen-bond donors (Lipinski definition) is 1. The van der Waals surface area contributed by atoms with Gasteiger partial charge >= 0.3 is 0 Å². The highest BCUT2D eigenvalue weighted by Gasteiger charge is 2.59. The van der Waals surface area contributed by atoms with Crippen LogP contribution in [0.5, 0.6) is 5.75 Å². The van der Waals surface area contributed by atoms with Crippen molar-refractivity contribution in [3.05, 3.63) is 29.8 Å². The van der Waals surface area contributed by atoms with Crippen LogP contribution in [0.2, 0.25) is 0 Å². The van der Waals surface area contributed by atoms with E-state index in [1.54, 1.807) is 7.11 Å².